The number of benzene rings is 2. The maximum absolute atomic E-state index is 13.0. The molecule has 0 aliphatic carbocycles. The number of carbonyl (C=O) groups excluding carboxylic acids is 1. The van der Waals surface area contributed by atoms with Gasteiger partial charge in [-0.15, -0.1) is 0 Å². The molecule has 2 fully saturated rings. The second-order valence-electron chi connectivity index (χ2n) is 8.78. The summed E-state index contributed by atoms with van der Waals surface area (Å²) in [6.45, 7) is 4.10. The van der Waals surface area contributed by atoms with E-state index in [1.54, 1.807) is 18.3 Å². The summed E-state index contributed by atoms with van der Waals surface area (Å²) in [5.74, 6) is 0.799. The fraction of sp³-hybridized carbons (Fsp3) is 0.346. The Morgan fingerprint density at radius 1 is 0.909 bits per heavy atom. The van der Waals surface area contributed by atoms with E-state index in [0.717, 1.165) is 42.9 Å². The Balaban J connectivity index is 1.20. The van der Waals surface area contributed by atoms with E-state index in [-0.39, 0.29) is 11.7 Å². The van der Waals surface area contributed by atoms with Crippen molar-refractivity contribution < 1.29 is 9.90 Å². The fourth-order valence-corrected chi connectivity index (χ4v) is 4.76. The largest absolute Gasteiger partial charge is 0.508 e. The van der Waals surface area contributed by atoms with Crippen LogP contribution in [0.15, 0.2) is 60.8 Å². The van der Waals surface area contributed by atoms with Crippen molar-refractivity contribution in [2.24, 2.45) is 0 Å². The van der Waals surface area contributed by atoms with E-state index < -0.39 is 0 Å². The SMILES string of the molecule is O=C(c1ccc(Nc2nccc(-c3ccc(O)cc3)n2)cc1)N1CCC(N2CCCC2)CC1. The first-order chi connectivity index (χ1) is 16.2. The van der Waals surface area contributed by atoms with E-state index in [4.69, 9.17) is 0 Å². The number of phenolic OH excluding ortho intramolecular Hbond substituents is 1. The van der Waals surface area contributed by atoms with E-state index in [1.165, 1.54) is 25.9 Å². The molecule has 1 amide bonds. The Morgan fingerprint density at radius 2 is 1.61 bits per heavy atom. The summed E-state index contributed by atoms with van der Waals surface area (Å²) in [7, 11) is 0. The van der Waals surface area contributed by atoms with E-state index in [2.05, 4.69) is 20.2 Å². The van der Waals surface area contributed by atoms with E-state index in [1.807, 2.05) is 47.4 Å². The molecule has 7 nitrogen and oxygen atoms in total. The van der Waals surface area contributed by atoms with Gasteiger partial charge >= 0.3 is 0 Å². The summed E-state index contributed by atoms with van der Waals surface area (Å²) in [4.78, 5) is 26.4. The number of aromatic nitrogens is 2. The van der Waals surface area contributed by atoms with Crippen LogP contribution in [0.2, 0.25) is 0 Å². The average Bonchev–Trinajstić information content (AvgIpc) is 3.40. The van der Waals surface area contributed by atoms with Crippen molar-refractivity contribution in [3.63, 3.8) is 0 Å². The van der Waals surface area contributed by atoms with Gasteiger partial charge in [-0.05, 0) is 93.4 Å². The van der Waals surface area contributed by atoms with Crippen molar-refractivity contribution in [2.75, 3.05) is 31.5 Å². The number of likely N-dealkylation sites (tertiary alicyclic amines) is 2. The molecule has 0 bridgehead atoms. The van der Waals surface area contributed by atoms with Crippen LogP contribution in [0.4, 0.5) is 11.6 Å². The second kappa shape index (κ2) is 9.58. The lowest BCUT2D eigenvalue weighted by Gasteiger charge is -2.36. The highest BCUT2D eigenvalue weighted by Gasteiger charge is 2.28. The Bertz CT molecular complexity index is 1090. The average molecular weight is 444 g/mol. The molecule has 170 valence electrons. The Kier molecular flexibility index (Phi) is 6.21. The third-order valence-electron chi connectivity index (χ3n) is 6.62. The molecule has 0 unspecified atom stereocenters. The molecule has 5 rings (SSSR count). The molecule has 33 heavy (non-hydrogen) atoms. The molecule has 2 N–H and O–H groups in total. The smallest absolute Gasteiger partial charge is 0.253 e. The predicted molar refractivity (Wildman–Crippen MR) is 129 cm³/mol. The van der Waals surface area contributed by atoms with Gasteiger partial charge in [-0.1, -0.05) is 0 Å². The highest BCUT2D eigenvalue weighted by Crippen LogP contribution is 2.24. The molecule has 2 aliphatic rings. The van der Waals surface area contributed by atoms with Crippen LogP contribution >= 0.6 is 0 Å². The zero-order chi connectivity index (χ0) is 22.6. The first-order valence-electron chi connectivity index (χ1n) is 11.7. The molecule has 3 aromatic rings. The third kappa shape index (κ3) is 4.98. The Labute approximate surface area is 194 Å². The van der Waals surface area contributed by atoms with Gasteiger partial charge in [0.1, 0.15) is 5.75 Å². The van der Waals surface area contributed by atoms with Gasteiger partial charge in [0.15, 0.2) is 0 Å². The highest BCUT2D eigenvalue weighted by atomic mass is 16.3. The summed E-state index contributed by atoms with van der Waals surface area (Å²) in [5.41, 5.74) is 3.19. The Hall–Kier alpha value is -3.45. The van der Waals surface area contributed by atoms with Gasteiger partial charge in [0.2, 0.25) is 5.95 Å². The number of amides is 1. The van der Waals surface area contributed by atoms with Gasteiger partial charge in [-0.3, -0.25) is 4.79 Å². The second-order valence-corrected chi connectivity index (χ2v) is 8.78. The minimum Gasteiger partial charge on any atom is -0.508 e. The molecule has 2 aromatic carbocycles. The van der Waals surface area contributed by atoms with Crippen molar-refractivity contribution in [3.8, 4) is 17.0 Å². The van der Waals surface area contributed by atoms with Crippen molar-refractivity contribution in [1.82, 2.24) is 19.8 Å². The highest BCUT2D eigenvalue weighted by molar-refractivity contribution is 5.94. The predicted octanol–water partition coefficient (Wildman–Crippen LogP) is 4.29. The van der Waals surface area contributed by atoms with Gasteiger partial charge in [0.05, 0.1) is 5.69 Å². The molecule has 7 heteroatoms. The van der Waals surface area contributed by atoms with Crippen LogP contribution in [0, 0.1) is 0 Å². The van der Waals surface area contributed by atoms with Crippen LogP contribution in [-0.4, -0.2) is 63.0 Å². The monoisotopic (exact) mass is 443 g/mol. The number of hydrogen-bond donors (Lipinski definition) is 2. The molecule has 1 aromatic heterocycles. The summed E-state index contributed by atoms with van der Waals surface area (Å²) in [6, 6.07) is 16.9. The van der Waals surface area contributed by atoms with Crippen molar-refractivity contribution in [3.05, 3.63) is 66.4 Å². The van der Waals surface area contributed by atoms with Crippen LogP contribution in [0.25, 0.3) is 11.3 Å². The first kappa shape index (κ1) is 21.4. The molecular weight excluding hydrogens is 414 g/mol. The third-order valence-corrected chi connectivity index (χ3v) is 6.62. The number of phenols is 1. The standard InChI is InChI=1S/C26H29N5O2/c32-23-9-5-19(6-10-23)24-11-14-27-26(29-24)28-21-7-3-20(4-8-21)25(33)31-17-12-22(13-18-31)30-15-1-2-16-30/h3-11,14,22,32H,1-2,12-13,15-18H2,(H,27,28,29). The zero-order valence-corrected chi connectivity index (χ0v) is 18.7. The van der Waals surface area contributed by atoms with E-state index in [0.29, 0.717) is 17.6 Å². The molecule has 0 atom stereocenters. The molecule has 0 radical (unpaired) electrons. The normalized spacial score (nSPS) is 17.3. The maximum atomic E-state index is 13.0. The van der Waals surface area contributed by atoms with Gasteiger partial charge in [-0.2, -0.15) is 0 Å². The molecular formula is C26H29N5O2. The van der Waals surface area contributed by atoms with Gasteiger partial charge in [0, 0.05) is 42.1 Å². The lowest BCUT2D eigenvalue weighted by Crippen LogP contribution is -2.45. The van der Waals surface area contributed by atoms with Gasteiger partial charge in [0.25, 0.3) is 5.91 Å². The van der Waals surface area contributed by atoms with Crippen molar-refractivity contribution >= 4 is 17.5 Å². The summed E-state index contributed by atoms with van der Waals surface area (Å²) < 4.78 is 0. The lowest BCUT2D eigenvalue weighted by molar-refractivity contribution is 0.0644. The first-order valence-corrected chi connectivity index (χ1v) is 11.7. The fourth-order valence-electron chi connectivity index (χ4n) is 4.76. The lowest BCUT2D eigenvalue weighted by atomic mass is 10.0. The zero-order valence-electron chi connectivity index (χ0n) is 18.7. The quantitative estimate of drug-likeness (QED) is 0.612. The van der Waals surface area contributed by atoms with Crippen molar-refractivity contribution in [1.29, 1.82) is 0 Å². The Morgan fingerprint density at radius 3 is 2.30 bits per heavy atom. The van der Waals surface area contributed by atoms with Gasteiger partial charge in [-0.25, -0.2) is 9.97 Å². The van der Waals surface area contributed by atoms with Gasteiger partial charge < -0.3 is 20.2 Å². The summed E-state index contributed by atoms with van der Waals surface area (Å²) in [6.07, 6.45) is 6.46. The molecule has 0 spiro atoms. The summed E-state index contributed by atoms with van der Waals surface area (Å²) in [5, 5.41) is 12.7. The van der Waals surface area contributed by atoms with Crippen molar-refractivity contribution in [2.45, 2.75) is 31.7 Å². The van der Waals surface area contributed by atoms with Crippen LogP contribution < -0.4 is 5.32 Å². The van der Waals surface area contributed by atoms with E-state index in [9.17, 15) is 9.90 Å². The number of anilines is 2. The summed E-state index contributed by atoms with van der Waals surface area (Å²) >= 11 is 0. The number of hydrogen-bond acceptors (Lipinski definition) is 6. The molecule has 3 heterocycles. The van der Waals surface area contributed by atoms with E-state index >= 15 is 0 Å². The molecule has 2 saturated heterocycles. The van der Waals surface area contributed by atoms with Crippen LogP contribution in [0.3, 0.4) is 0 Å². The van der Waals surface area contributed by atoms with Crippen LogP contribution in [0.5, 0.6) is 5.75 Å². The number of nitrogens with one attached hydrogen (secondary N) is 1. The number of aromatic hydroxyl groups is 1. The number of piperidine rings is 1. The van der Waals surface area contributed by atoms with Crippen LogP contribution in [-0.2, 0) is 0 Å². The number of nitrogens with zero attached hydrogens (tertiary/aromatic N) is 4. The molecule has 2 aliphatic heterocycles. The maximum Gasteiger partial charge on any atom is 0.253 e. The number of carbonyl (C=O) groups is 1. The van der Waals surface area contributed by atoms with Crippen LogP contribution in [0.1, 0.15) is 36.0 Å². The minimum atomic E-state index is 0.104. The minimum absolute atomic E-state index is 0.104. The number of rotatable bonds is 5. The topological polar surface area (TPSA) is 81.6 Å². The molecule has 0 saturated carbocycles.